The van der Waals surface area contributed by atoms with Gasteiger partial charge in [0, 0.05) is 23.0 Å². The molecule has 3 heterocycles. The number of amides is 2. The van der Waals surface area contributed by atoms with Gasteiger partial charge in [0.05, 0.1) is 12.3 Å². The van der Waals surface area contributed by atoms with Gasteiger partial charge in [-0.25, -0.2) is 9.59 Å². The highest BCUT2D eigenvalue weighted by Crippen LogP contribution is 2.31. The first-order chi connectivity index (χ1) is 17.4. The number of para-hydroxylation sites is 1. The number of aromatic amines is 1. The molecule has 3 aromatic rings. The lowest BCUT2D eigenvalue weighted by atomic mass is 9.96. The second kappa shape index (κ2) is 10.4. The molecule has 2 unspecified atom stereocenters. The van der Waals surface area contributed by atoms with Crippen molar-refractivity contribution in [2.45, 2.75) is 70.5 Å². The number of carboxylic acids is 1. The van der Waals surface area contributed by atoms with Crippen LogP contribution in [0.4, 0.5) is 4.79 Å². The van der Waals surface area contributed by atoms with Crippen molar-refractivity contribution >= 4 is 40.6 Å². The molecule has 0 aliphatic carbocycles. The minimum Gasteiger partial charge on any atom is -0.480 e. The van der Waals surface area contributed by atoms with Gasteiger partial charge in [0.25, 0.3) is 5.22 Å². The van der Waals surface area contributed by atoms with Crippen LogP contribution in [0.1, 0.15) is 57.8 Å². The van der Waals surface area contributed by atoms with E-state index in [0.717, 1.165) is 33.9 Å². The van der Waals surface area contributed by atoms with Gasteiger partial charge in [0.2, 0.25) is 11.8 Å². The number of carbonyl (C=O) groups excluding carboxylic acids is 2. The zero-order valence-electron chi connectivity index (χ0n) is 21.4. The summed E-state index contributed by atoms with van der Waals surface area (Å²) in [6, 6.07) is 6.15. The number of carbonyl (C=O) groups is 3. The molecule has 1 aliphatic rings. The predicted octanol–water partition coefficient (Wildman–Crippen LogP) is 3.90. The van der Waals surface area contributed by atoms with E-state index in [0.29, 0.717) is 0 Å². The molecule has 1 aliphatic heterocycles. The molecule has 1 aromatic carbocycles. The number of thioether (sulfide) groups is 1. The SMILES string of the molecule is CC(C)C(NC(=O)OC(C)(C)C)c1nnc(SCC(=O)N2Cc3[nH]c4ccccc4c3CC2C(=O)O)o1. The Bertz CT molecular complexity index is 1310. The van der Waals surface area contributed by atoms with E-state index < -0.39 is 29.7 Å². The van der Waals surface area contributed by atoms with Gasteiger partial charge in [0.1, 0.15) is 17.7 Å². The van der Waals surface area contributed by atoms with E-state index in [4.69, 9.17) is 9.15 Å². The summed E-state index contributed by atoms with van der Waals surface area (Å²) in [6.45, 7) is 9.26. The first kappa shape index (κ1) is 26.5. The minimum absolute atomic E-state index is 0.0670. The number of H-pyrrole nitrogens is 1. The molecule has 11 nitrogen and oxygen atoms in total. The van der Waals surface area contributed by atoms with Gasteiger partial charge < -0.3 is 29.5 Å². The Morgan fingerprint density at radius 3 is 2.68 bits per heavy atom. The first-order valence-electron chi connectivity index (χ1n) is 12.0. The third-order valence-corrected chi connectivity index (χ3v) is 6.76. The number of fused-ring (bicyclic) bond motifs is 3. The number of carboxylic acid groups (broad SMARTS) is 1. The molecule has 0 bridgehead atoms. The third-order valence-electron chi connectivity index (χ3n) is 5.96. The molecule has 4 rings (SSSR count). The number of aromatic nitrogens is 3. The number of nitrogens with one attached hydrogen (secondary N) is 2. The van der Waals surface area contributed by atoms with Gasteiger partial charge in [-0.05, 0) is 38.3 Å². The summed E-state index contributed by atoms with van der Waals surface area (Å²) in [4.78, 5) is 42.1. The largest absolute Gasteiger partial charge is 0.480 e. The molecule has 0 radical (unpaired) electrons. The summed E-state index contributed by atoms with van der Waals surface area (Å²) in [5, 5.41) is 21.8. The fourth-order valence-electron chi connectivity index (χ4n) is 4.25. The van der Waals surface area contributed by atoms with Crippen LogP contribution in [-0.4, -0.2) is 60.6 Å². The lowest BCUT2D eigenvalue weighted by Gasteiger charge is -2.33. The molecule has 2 aromatic heterocycles. The number of benzene rings is 1. The molecule has 37 heavy (non-hydrogen) atoms. The zero-order valence-corrected chi connectivity index (χ0v) is 22.2. The Labute approximate surface area is 218 Å². The highest BCUT2D eigenvalue weighted by atomic mass is 32.2. The standard InChI is InChI=1S/C25H31N5O6S/c1-13(2)20(27-23(34)36-25(3,4)5)21-28-29-24(35-21)37-12-19(31)30-11-17-15(10-18(30)22(32)33)14-8-6-7-9-16(14)26-17/h6-9,13,18,20,26H,10-12H2,1-5H3,(H,27,34)(H,32,33). The van der Waals surface area contributed by atoms with E-state index in [1.54, 1.807) is 20.8 Å². The second-order valence-electron chi connectivity index (χ2n) is 10.3. The summed E-state index contributed by atoms with van der Waals surface area (Å²) in [6.07, 6.45) is -0.378. The Morgan fingerprint density at radius 2 is 2.00 bits per heavy atom. The average molecular weight is 530 g/mol. The summed E-state index contributed by atoms with van der Waals surface area (Å²) in [5.41, 5.74) is 2.03. The highest BCUT2D eigenvalue weighted by molar-refractivity contribution is 7.99. The van der Waals surface area contributed by atoms with Crippen LogP contribution < -0.4 is 5.32 Å². The van der Waals surface area contributed by atoms with Gasteiger partial charge >= 0.3 is 12.1 Å². The van der Waals surface area contributed by atoms with Crippen LogP contribution >= 0.6 is 11.8 Å². The highest BCUT2D eigenvalue weighted by Gasteiger charge is 2.36. The lowest BCUT2D eigenvalue weighted by molar-refractivity contribution is -0.150. The molecule has 0 fully saturated rings. The molecular weight excluding hydrogens is 498 g/mol. The van der Waals surface area contributed by atoms with Gasteiger partial charge in [-0.1, -0.05) is 43.8 Å². The number of hydrogen-bond donors (Lipinski definition) is 3. The van der Waals surface area contributed by atoms with Crippen LogP contribution in [0.3, 0.4) is 0 Å². The molecule has 0 saturated heterocycles. The number of rotatable bonds is 7. The Hall–Kier alpha value is -3.54. The number of aliphatic carboxylic acids is 1. The average Bonchev–Trinajstić information content (AvgIpc) is 3.43. The monoisotopic (exact) mass is 529 g/mol. The Balaban J connectivity index is 1.43. The van der Waals surface area contributed by atoms with Crippen molar-refractivity contribution in [1.82, 2.24) is 25.4 Å². The maximum Gasteiger partial charge on any atom is 0.408 e. The predicted molar refractivity (Wildman–Crippen MR) is 136 cm³/mol. The zero-order chi connectivity index (χ0) is 26.9. The van der Waals surface area contributed by atoms with Crippen LogP contribution in [0, 0.1) is 5.92 Å². The summed E-state index contributed by atoms with van der Waals surface area (Å²) < 4.78 is 11.0. The van der Waals surface area contributed by atoms with Crippen molar-refractivity contribution in [3.05, 3.63) is 41.4 Å². The van der Waals surface area contributed by atoms with Crippen molar-refractivity contribution in [3.8, 4) is 0 Å². The molecule has 0 spiro atoms. The number of alkyl carbamates (subject to hydrolysis) is 1. The number of nitrogens with zero attached hydrogens (tertiary/aromatic N) is 3. The van der Waals surface area contributed by atoms with Crippen molar-refractivity contribution < 1.29 is 28.6 Å². The minimum atomic E-state index is -1.05. The Kier molecular flexibility index (Phi) is 7.49. The molecule has 2 atom stereocenters. The lowest BCUT2D eigenvalue weighted by Crippen LogP contribution is -2.49. The van der Waals surface area contributed by atoms with Crippen molar-refractivity contribution in [3.63, 3.8) is 0 Å². The second-order valence-corrected chi connectivity index (χ2v) is 11.2. The van der Waals surface area contributed by atoms with Gasteiger partial charge in [-0.3, -0.25) is 4.79 Å². The van der Waals surface area contributed by atoms with E-state index in [1.165, 1.54) is 4.90 Å². The van der Waals surface area contributed by atoms with Crippen LogP contribution in [0.15, 0.2) is 33.9 Å². The third kappa shape index (κ3) is 6.07. The van der Waals surface area contributed by atoms with Gasteiger partial charge in [0.15, 0.2) is 0 Å². The van der Waals surface area contributed by atoms with Gasteiger partial charge in [-0.15, -0.1) is 10.2 Å². The fourth-order valence-corrected chi connectivity index (χ4v) is 4.91. The van der Waals surface area contributed by atoms with E-state index in [9.17, 15) is 19.5 Å². The van der Waals surface area contributed by atoms with Crippen LogP contribution in [0.2, 0.25) is 0 Å². The molecule has 198 valence electrons. The van der Waals surface area contributed by atoms with E-state index in [-0.39, 0.29) is 41.7 Å². The maximum absolute atomic E-state index is 13.1. The van der Waals surface area contributed by atoms with Crippen LogP contribution in [-0.2, 0) is 27.3 Å². The molecule has 3 N–H and O–H groups in total. The van der Waals surface area contributed by atoms with Crippen LogP contribution in [0.25, 0.3) is 10.9 Å². The quantitative estimate of drug-likeness (QED) is 0.387. The van der Waals surface area contributed by atoms with E-state index >= 15 is 0 Å². The number of ether oxygens (including phenoxy) is 1. The molecule has 2 amide bonds. The van der Waals surface area contributed by atoms with Crippen molar-refractivity contribution in [2.75, 3.05) is 5.75 Å². The van der Waals surface area contributed by atoms with Gasteiger partial charge in [-0.2, -0.15) is 0 Å². The maximum atomic E-state index is 13.1. The van der Waals surface area contributed by atoms with Crippen LogP contribution in [0.5, 0.6) is 0 Å². The normalized spacial score (nSPS) is 16.5. The van der Waals surface area contributed by atoms with Crippen molar-refractivity contribution in [2.24, 2.45) is 5.92 Å². The Morgan fingerprint density at radius 1 is 1.27 bits per heavy atom. The first-order valence-corrected chi connectivity index (χ1v) is 13.0. The molecule has 12 heteroatoms. The fraction of sp³-hybridized carbons (Fsp3) is 0.480. The smallest absolute Gasteiger partial charge is 0.408 e. The van der Waals surface area contributed by atoms with Crippen molar-refractivity contribution in [1.29, 1.82) is 0 Å². The summed E-state index contributed by atoms with van der Waals surface area (Å²) in [7, 11) is 0. The summed E-state index contributed by atoms with van der Waals surface area (Å²) >= 11 is 1.02. The molecular formula is C25H31N5O6S. The molecule has 0 saturated carbocycles. The number of hydrogen-bond acceptors (Lipinski definition) is 8. The topological polar surface area (TPSA) is 151 Å². The van der Waals surface area contributed by atoms with E-state index in [2.05, 4.69) is 20.5 Å². The summed E-state index contributed by atoms with van der Waals surface area (Å²) in [5.74, 6) is -1.36. The van der Waals surface area contributed by atoms with E-state index in [1.807, 2.05) is 38.1 Å².